The third-order valence-electron chi connectivity index (χ3n) is 5.78. The summed E-state index contributed by atoms with van der Waals surface area (Å²) in [6.07, 6.45) is 14.9. The van der Waals surface area contributed by atoms with Crippen LogP contribution in [0.2, 0.25) is 0 Å². The first-order valence-corrected chi connectivity index (χ1v) is 12.6. The lowest BCUT2D eigenvalue weighted by molar-refractivity contribution is -0.243. The zero-order chi connectivity index (χ0) is 23.5. The lowest BCUT2D eigenvalue weighted by Gasteiger charge is -2.33. The van der Waals surface area contributed by atoms with Crippen molar-refractivity contribution in [3.8, 4) is 0 Å². The highest BCUT2D eigenvalue weighted by Gasteiger charge is 2.33. The van der Waals surface area contributed by atoms with Crippen LogP contribution in [0.15, 0.2) is 30.3 Å². The predicted molar refractivity (Wildman–Crippen MR) is 128 cm³/mol. The molecule has 5 heteroatoms. The van der Waals surface area contributed by atoms with Gasteiger partial charge in [-0.3, -0.25) is 9.59 Å². The lowest BCUT2D eigenvalue weighted by atomic mass is 9.99. The van der Waals surface area contributed by atoms with E-state index in [1.54, 1.807) is 0 Å². The summed E-state index contributed by atoms with van der Waals surface area (Å²) in [6, 6.07) is 10.0. The summed E-state index contributed by atoms with van der Waals surface area (Å²) >= 11 is 0. The summed E-state index contributed by atoms with van der Waals surface area (Å²) < 4.78 is 12.0. The number of benzene rings is 1. The van der Waals surface area contributed by atoms with E-state index in [4.69, 9.17) is 14.6 Å². The van der Waals surface area contributed by atoms with Crippen molar-refractivity contribution in [2.45, 2.75) is 123 Å². The molecule has 0 radical (unpaired) electrons. The maximum absolute atomic E-state index is 11.8. The minimum absolute atomic E-state index is 0.280. The van der Waals surface area contributed by atoms with Crippen molar-refractivity contribution >= 4 is 11.9 Å². The van der Waals surface area contributed by atoms with Crippen LogP contribution in [0.5, 0.6) is 0 Å². The van der Waals surface area contributed by atoms with Crippen LogP contribution in [0.1, 0.15) is 116 Å². The molecular formula is C27H44O5. The smallest absolute Gasteiger partial charge is 0.305 e. The molecule has 0 saturated carbocycles. The zero-order valence-electron chi connectivity index (χ0n) is 20.3. The van der Waals surface area contributed by atoms with Gasteiger partial charge in [0.1, 0.15) is 0 Å². The minimum atomic E-state index is -0.826. The van der Waals surface area contributed by atoms with Crippen LogP contribution in [0, 0.1) is 0 Å². The van der Waals surface area contributed by atoms with Crippen LogP contribution in [-0.2, 0) is 25.7 Å². The van der Waals surface area contributed by atoms with Gasteiger partial charge >= 0.3 is 11.9 Å². The van der Waals surface area contributed by atoms with E-state index in [1.165, 1.54) is 39.0 Å². The number of esters is 1. The number of hydrogen-bond acceptors (Lipinski definition) is 4. The number of aliphatic carboxylic acids is 1. The Labute approximate surface area is 194 Å². The maximum Gasteiger partial charge on any atom is 0.305 e. The standard InChI is InChI=1S/C27H44O5/c1-3-4-21-27(32-24(2)28,31-23-25-18-14-13-15-19-25)22-17-12-10-8-6-5-7-9-11-16-20-26(29)30/h13-15,18-19H,3-12,16-17,20-23H2,1-2H3,(H,29,30). The number of ether oxygens (including phenoxy) is 2. The van der Waals surface area contributed by atoms with Crippen molar-refractivity contribution in [2.75, 3.05) is 0 Å². The molecule has 0 spiro atoms. The summed E-state index contributed by atoms with van der Waals surface area (Å²) in [7, 11) is 0. The molecule has 0 aromatic heterocycles. The SMILES string of the molecule is CCCCC(CCCCCCCCCCCCC(=O)O)(OCc1ccccc1)OC(C)=O. The maximum atomic E-state index is 11.8. The Balaban J connectivity index is 2.32. The van der Waals surface area contributed by atoms with Gasteiger partial charge in [-0.15, -0.1) is 0 Å². The van der Waals surface area contributed by atoms with Gasteiger partial charge in [0.25, 0.3) is 0 Å². The van der Waals surface area contributed by atoms with Crippen LogP contribution in [0.4, 0.5) is 0 Å². The molecule has 1 N–H and O–H groups in total. The summed E-state index contributed by atoms with van der Waals surface area (Å²) in [6.45, 7) is 4.06. The first kappa shape index (κ1) is 28.2. The van der Waals surface area contributed by atoms with Gasteiger partial charge in [-0.1, -0.05) is 95.0 Å². The van der Waals surface area contributed by atoms with Crippen LogP contribution in [0.3, 0.4) is 0 Å². The van der Waals surface area contributed by atoms with Crippen molar-refractivity contribution in [3.05, 3.63) is 35.9 Å². The van der Waals surface area contributed by atoms with Crippen LogP contribution < -0.4 is 0 Å². The molecule has 1 aromatic carbocycles. The molecule has 0 fully saturated rings. The van der Waals surface area contributed by atoms with E-state index < -0.39 is 11.8 Å². The molecule has 1 unspecified atom stereocenters. The molecule has 182 valence electrons. The third kappa shape index (κ3) is 14.2. The molecular weight excluding hydrogens is 404 g/mol. The topological polar surface area (TPSA) is 72.8 Å². The van der Waals surface area contributed by atoms with Crippen molar-refractivity contribution in [1.82, 2.24) is 0 Å². The molecule has 1 rings (SSSR count). The third-order valence-corrected chi connectivity index (χ3v) is 5.78. The fraction of sp³-hybridized carbons (Fsp3) is 0.704. The van der Waals surface area contributed by atoms with Gasteiger partial charge in [0, 0.05) is 26.2 Å². The fourth-order valence-corrected chi connectivity index (χ4v) is 3.98. The highest BCUT2D eigenvalue weighted by Crippen LogP contribution is 2.30. The number of carboxylic acid groups (broad SMARTS) is 1. The Kier molecular flexibility index (Phi) is 15.5. The van der Waals surface area contributed by atoms with Gasteiger partial charge in [0.05, 0.1) is 6.61 Å². The first-order valence-electron chi connectivity index (χ1n) is 12.6. The first-order chi connectivity index (χ1) is 15.5. The second-order valence-electron chi connectivity index (χ2n) is 8.81. The Morgan fingerprint density at radius 2 is 1.34 bits per heavy atom. The zero-order valence-corrected chi connectivity index (χ0v) is 20.3. The molecule has 0 aliphatic heterocycles. The normalized spacial score (nSPS) is 12.9. The largest absolute Gasteiger partial charge is 0.481 e. The van der Waals surface area contributed by atoms with Crippen molar-refractivity contribution < 1.29 is 24.2 Å². The van der Waals surface area contributed by atoms with Crippen molar-refractivity contribution in [1.29, 1.82) is 0 Å². The Morgan fingerprint density at radius 3 is 1.88 bits per heavy atom. The molecule has 1 atom stereocenters. The second-order valence-corrected chi connectivity index (χ2v) is 8.81. The highest BCUT2D eigenvalue weighted by atomic mass is 16.7. The molecule has 5 nitrogen and oxygen atoms in total. The van der Waals surface area contributed by atoms with Crippen molar-refractivity contribution in [2.24, 2.45) is 0 Å². The molecule has 0 amide bonds. The van der Waals surface area contributed by atoms with E-state index >= 15 is 0 Å². The number of carboxylic acids is 1. The van der Waals surface area contributed by atoms with Gasteiger partial charge in [-0.2, -0.15) is 0 Å². The van der Waals surface area contributed by atoms with Crippen molar-refractivity contribution in [3.63, 3.8) is 0 Å². The lowest BCUT2D eigenvalue weighted by Crippen LogP contribution is -2.37. The van der Waals surface area contributed by atoms with E-state index in [0.717, 1.165) is 63.4 Å². The molecule has 0 aliphatic rings. The summed E-state index contributed by atoms with van der Waals surface area (Å²) in [5.74, 6) is -1.80. The number of unbranched alkanes of at least 4 members (excludes halogenated alkanes) is 10. The molecule has 32 heavy (non-hydrogen) atoms. The highest BCUT2D eigenvalue weighted by molar-refractivity contribution is 5.66. The molecule has 0 bridgehead atoms. The molecule has 0 aliphatic carbocycles. The van der Waals surface area contributed by atoms with Crippen LogP contribution in [0.25, 0.3) is 0 Å². The van der Waals surface area contributed by atoms with Crippen LogP contribution >= 0.6 is 0 Å². The van der Waals surface area contributed by atoms with E-state index in [1.807, 2.05) is 30.3 Å². The van der Waals surface area contributed by atoms with E-state index in [9.17, 15) is 9.59 Å². The van der Waals surface area contributed by atoms with Crippen LogP contribution in [-0.4, -0.2) is 22.8 Å². The Bertz CT molecular complexity index is 616. The Morgan fingerprint density at radius 1 is 0.812 bits per heavy atom. The average molecular weight is 449 g/mol. The minimum Gasteiger partial charge on any atom is -0.481 e. The fourth-order valence-electron chi connectivity index (χ4n) is 3.98. The van der Waals surface area contributed by atoms with Gasteiger partial charge in [-0.25, -0.2) is 0 Å². The molecule has 0 heterocycles. The number of hydrogen-bond donors (Lipinski definition) is 1. The van der Waals surface area contributed by atoms with Gasteiger partial charge in [-0.05, 0) is 24.8 Å². The summed E-state index contributed by atoms with van der Waals surface area (Å²) in [4.78, 5) is 22.3. The van der Waals surface area contributed by atoms with E-state index in [-0.39, 0.29) is 5.97 Å². The quantitative estimate of drug-likeness (QED) is 0.128. The number of carbonyl (C=O) groups is 2. The van der Waals surface area contributed by atoms with Gasteiger partial charge in [0.15, 0.2) is 0 Å². The predicted octanol–water partition coefficient (Wildman–Crippen LogP) is 7.42. The summed E-state index contributed by atoms with van der Waals surface area (Å²) in [5.41, 5.74) is 1.09. The van der Waals surface area contributed by atoms with E-state index in [0.29, 0.717) is 13.0 Å². The molecule has 0 saturated heterocycles. The monoisotopic (exact) mass is 448 g/mol. The Hall–Kier alpha value is -1.88. The number of rotatable bonds is 20. The summed E-state index contributed by atoms with van der Waals surface area (Å²) in [5, 5.41) is 8.64. The molecule has 1 aromatic rings. The van der Waals surface area contributed by atoms with E-state index in [2.05, 4.69) is 6.92 Å². The number of carbonyl (C=O) groups excluding carboxylic acids is 1. The van der Waals surface area contributed by atoms with Gasteiger partial charge < -0.3 is 14.6 Å². The average Bonchev–Trinajstić information content (AvgIpc) is 2.77. The van der Waals surface area contributed by atoms with Gasteiger partial charge in [0.2, 0.25) is 5.79 Å². The second kappa shape index (κ2) is 17.6.